The van der Waals surface area contributed by atoms with E-state index in [0.717, 1.165) is 0 Å². The molecule has 0 aliphatic carbocycles. The van der Waals surface area contributed by atoms with Crippen LogP contribution in [0.4, 0.5) is 0 Å². The molecule has 0 saturated carbocycles. The fraction of sp³-hybridized carbons (Fsp3) is 1.00. The first-order valence-corrected chi connectivity index (χ1v) is 29.9. The van der Waals surface area contributed by atoms with E-state index in [1.165, 1.54) is 334 Å². The highest BCUT2D eigenvalue weighted by Crippen LogP contribution is 2.22. The van der Waals surface area contributed by atoms with E-state index in [1.54, 1.807) is 0 Å². The van der Waals surface area contributed by atoms with Gasteiger partial charge in [0.1, 0.15) is 0 Å². The Bertz CT molecular complexity index is 722. The van der Waals surface area contributed by atoms with Gasteiger partial charge in [0.15, 0.2) is 0 Å². The zero-order valence-electron chi connectivity index (χ0n) is 44.2. The standard InChI is InChI=1S/C32H66O.C28H58O/c1-3-5-7-9-11-13-15-17-18-20-22-24-26-28-30-32(31-33)29-27-25-23-21-19-16-14-12-10-8-6-4-2;1-3-5-7-9-11-13-15-16-18-20-22-24-26-28(27-29)25-23-21-19-17-14-12-10-8-6-4-2/h32-33H,3-31H2,1-2H3;28-29H,3-27H2,1-2H3. The number of rotatable bonds is 54. The SMILES string of the molecule is CCCCCCCCCCCCCCC(CO)CCCCCCCCCCCC.CCCCCCCCCCCCCCCCC(CO)CCCCCCCCCCCCCC. The van der Waals surface area contributed by atoms with Crippen molar-refractivity contribution >= 4 is 0 Å². The second-order valence-corrected chi connectivity index (χ2v) is 20.8. The Morgan fingerprint density at radius 3 is 0.403 bits per heavy atom. The maximum atomic E-state index is 9.71. The summed E-state index contributed by atoms with van der Waals surface area (Å²) >= 11 is 0. The van der Waals surface area contributed by atoms with Crippen molar-refractivity contribution in [3.63, 3.8) is 0 Å². The van der Waals surface area contributed by atoms with Gasteiger partial charge in [-0.15, -0.1) is 0 Å². The van der Waals surface area contributed by atoms with Crippen LogP contribution in [-0.2, 0) is 0 Å². The summed E-state index contributed by atoms with van der Waals surface area (Å²) in [7, 11) is 0. The summed E-state index contributed by atoms with van der Waals surface area (Å²) in [5, 5.41) is 19.4. The molecule has 0 bridgehead atoms. The highest BCUT2D eigenvalue weighted by Gasteiger charge is 2.08. The Hall–Kier alpha value is -0.0800. The summed E-state index contributed by atoms with van der Waals surface area (Å²) in [6.45, 7) is 10.00. The molecule has 0 saturated heterocycles. The van der Waals surface area contributed by atoms with Crippen molar-refractivity contribution in [2.75, 3.05) is 13.2 Å². The number of unbranched alkanes of at least 4 members (excludes halogenated alkanes) is 44. The molecule has 376 valence electrons. The minimum absolute atomic E-state index is 0.412. The minimum Gasteiger partial charge on any atom is -0.396 e. The van der Waals surface area contributed by atoms with Crippen molar-refractivity contribution in [2.24, 2.45) is 11.8 Å². The largest absolute Gasteiger partial charge is 0.396 e. The van der Waals surface area contributed by atoms with Crippen molar-refractivity contribution in [3.8, 4) is 0 Å². The van der Waals surface area contributed by atoms with E-state index in [9.17, 15) is 10.2 Å². The first kappa shape index (κ1) is 64.0. The Labute approximate surface area is 395 Å². The molecule has 0 amide bonds. The second kappa shape index (κ2) is 60.9. The molecule has 0 spiro atoms. The number of hydrogen-bond acceptors (Lipinski definition) is 2. The lowest BCUT2D eigenvalue weighted by Gasteiger charge is -2.13. The van der Waals surface area contributed by atoms with Crippen LogP contribution >= 0.6 is 0 Å². The van der Waals surface area contributed by atoms with Gasteiger partial charge in [-0.3, -0.25) is 0 Å². The van der Waals surface area contributed by atoms with Gasteiger partial charge in [-0.2, -0.15) is 0 Å². The van der Waals surface area contributed by atoms with Gasteiger partial charge in [0.05, 0.1) is 0 Å². The summed E-state index contributed by atoms with van der Waals surface area (Å²) in [5.41, 5.74) is 0. The summed E-state index contributed by atoms with van der Waals surface area (Å²) in [6, 6.07) is 0. The number of aliphatic hydroxyl groups is 2. The van der Waals surface area contributed by atoms with Crippen LogP contribution in [-0.4, -0.2) is 23.4 Å². The molecule has 62 heavy (non-hydrogen) atoms. The first-order valence-electron chi connectivity index (χ1n) is 29.9. The van der Waals surface area contributed by atoms with Crippen molar-refractivity contribution in [2.45, 2.75) is 362 Å². The van der Waals surface area contributed by atoms with E-state index < -0.39 is 0 Å². The lowest BCUT2D eigenvalue weighted by atomic mass is 9.94. The zero-order valence-corrected chi connectivity index (χ0v) is 44.2. The zero-order chi connectivity index (χ0) is 45.3. The first-order chi connectivity index (χ1) is 30.7. The molecule has 2 nitrogen and oxygen atoms in total. The van der Waals surface area contributed by atoms with Crippen molar-refractivity contribution in [1.82, 2.24) is 0 Å². The van der Waals surface area contributed by atoms with E-state index in [1.807, 2.05) is 0 Å². The quantitative estimate of drug-likeness (QED) is 0.0598. The molecule has 0 aromatic rings. The van der Waals surface area contributed by atoms with E-state index in [-0.39, 0.29) is 0 Å². The molecular weight excluding hydrogens is 753 g/mol. The maximum Gasteiger partial charge on any atom is 0.0459 e. The third kappa shape index (κ3) is 57.9. The average Bonchev–Trinajstić information content (AvgIpc) is 3.29. The van der Waals surface area contributed by atoms with E-state index in [0.29, 0.717) is 25.0 Å². The predicted molar refractivity (Wildman–Crippen MR) is 284 cm³/mol. The maximum absolute atomic E-state index is 9.71. The predicted octanol–water partition coefficient (Wildman–Crippen LogP) is 21.6. The average molecular weight is 878 g/mol. The molecule has 2 N–H and O–H groups in total. The Morgan fingerprint density at radius 2 is 0.290 bits per heavy atom. The van der Waals surface area contributed by atoms with Gasteiger partial charge < -0.3 is 10.2 Å². The Kier molecular flexibility index (Phi) is 62.9. The summed E-state index contributed by atoms with van der Waals surface area (Å²) < 4.78 is 0. The van der Waals surface area contributed by atoms with E-state index in [2.05, 4.69) is 27.7 Å². The molecule has 0 radical (unpaired) electrons. The second-order valence-electron chi connectivity index (χ2n) is 20.8. The van der Waals surface area contributed by atoms with Gasteiger partial charge >= 0.3 is 0 Å². The van der Waals surface area contributed by atoms with Gasteiger partial charge in [-0.25, -0.2) is 0 Å². The third-order valence-electron chi connectivity index (χ3n) is 14.4. The molecule has 0 heterocycles. The smallest absolute Gasteiger partial charge is 0.0459 e. The minimum atomic E-state index is 0.412. The summed E-state index contributed by atoms with van der Waals surface area (Å²) in [5.74, 6) is 1.15. The fourth-order valence-electron chi connectivity index (χ4n) is 9.75. The Balaban J connectivity index is 0. The summed E-state index contributed by atoms with van der Waals surface area (Å²) in [6.07, 6.45) is 73.2. The van der Waals surface area contributed by atoms with Crippen LogP contribution in [0.2, 0.25) is 0 Å². The monoisotopic (exact) mass is 877 g/mol. The van der Waals surface area contributed by atoms with Gasteiger partial charge in [-0.1, -0.05) is 336 Å². The molecule has 0 fully saturated rings. The van der Waals surface area contributed by atoms with Crippen molar-refractivity contribution in [1.29, 1.82) is 0 Å². The van der Waals surface area contributed by atoms with Gasteiger partial charge in [0.25, 0.3) is 0 Å². The number of hydrogen-bond donors (Lipinski definition) is 2. The van der Waals surface area contributed by atoms with Crippen LogP contribution in [0.15, 0.2) is 0 Å². The van der Waals surface area contributed by atoms with Crippen LogP contribution in [0.5, 0.6) is 0 Å². The van der Waals surface area contributed by atoms with E-state index in [4.69, 9.17) is 0 Å². The van der Waals surface area contributed by atoms with Gasteiger partial charge in [0, 0.05) is 13.2 Å². The topological polar surface area (TPSA) is 40.5 Å². The van der Waals surface area contributed by atoms with Gasteiger partial charge in [-0.05, 0) is 37.5 Å². The molecule has 2 unspecified atom stereocenters. The molecule has 0 aromatic carbocycles. The molecule has 2 heteroatoms. The molecule has 0 aliphatic heterocycles. The molecule has 0 aromatic heterocycles. The van der Waals surface area contributed by atoms with Crippen LogP contribution in [0.25, 0.3) is 0 Å². The third-order valence-corrected chi connectivity index (χ3v) is 14.4. The lowest BCUT2D eigenvalue weighted by molar-refractivity contribution is 0.204. The van der Waals surface area contributed by atoms with Crippen molar-refractivity contribution < 1.29 is 10.2 Å². The van der Waals surface area contributed by atoms with Crippen LogP contribution in [0, 0.1) is 11.8 Å². The van der Waals surface area contributed by atoms with E-state index >= 15 is 0 Å². The molecular formula is C60H124O2. The van der Waals surface area contributed by atoms with Crippen LogP contribution < -0.4 is 0 Å². The fourth-order valence-corrected chi connectivity index (χ4v) is 9.75. The van der Waals surface area contributed by atoms with Gasteiger partial charge in [0.2, 0.25) is 0 Å². The Morgan fingerprint density at radius 1 is 0.177 bits per heavy atom. The number of aliphatic hydroxyl groups excluding tert-OH is 2. The highest BCUT2D eigenvalue weighted by atomic mass is 16.3. The molecule has 2 atom stereocenters. The molecule has 0 aliphatic rings. The molecule has 0 rings (SSSR count). The van der Waals surface area contributed by atoms with Crippen molar-refractivity contribution in [3.05, 3.63) is 0 Å². The van der Waals surface area contributed by atoms with Crippen LogP contribution in [0.1, 0.15) is 362 Å². The summed E-state index contributed by atoms with van der Waals surface area (Å²) in [4.78, 5) is 0. The highest BCUT2D eigenvalue weighted by molar-refractivity contribution is 4.61. The lowest BCUT2D eigenvalue weighted by Crippen LogP contribution is -2.06. The normalized spacial score (nSPS) is 12.5. The van der Waals surface area contributed by atoms with Crippen LogP contribution in [0.3, 0.4) is 0 Å².